The third-order valence-corrected chi connectivity index (χ3v) is 2.52. The Labute approximate surface area is 79.2 Å². The lowest BCUT2D eigenvalue weighted by molar-refractivity contribution is 0.466. The predicted molar refractivity (Wildman–Crippen MR) is 47.5 cm³/mol. The van der Waals surface area contributed by atoms with Gasteiger partial charge in [-0.2, -0.15) is 0 Å². The van der Waals surface area contributed by atoms with E-state index >= 15 is 0 Å². The minimum atomic E-state index is -3.91. The number of hydrogen-bond acceptors (Lipinski definition) is 3. The van der Waals surface area contributed by atoms with E-state index in [4.69, 9.17) is 9.56 Å². The number of nitrogens with two attached hydrogens (primary N) is 1. The highest BCUT2D eigenvalue weighted by Crippen LogP contribution is 2.23. The molecule has 0 fully saturated rings. The summed E-state index contributed by atoms with van der Waals surface area (Å²) < 4.78 is 39.6. The zero-order valence-corrected chi connectivity index (χ0v) is 7.71. The molecule has 6 heteroatoms. The van der Waals surface area contributed by atoms with Gasteiger partial charge in [0.2, 0.25) is 5.09 Å². The van der Waals surface area contributed by atoms with Crippen LogP contribution in [-0.4, -0.2) is 8.42 Å². The lowest BCUT2D eigenvalue weighted by Gasteiger charge is -1.89. The molecule has 0 aliphatic carbocycles. The van der Waals surface area contributed by atoms with Crippen molar-refractivity contribution in [1.29, 1.82) is 0 Å². The molecule has 1 aromatic heterocycles. The topological polar surface area (TPSA) is 73.3 Å². The van der Waals surface area contributed by atoms with Gasteiger partial charge in [-0.1, -0.05) is 12.1 Å². The van der Waals surface area contributed by atoms with Crippen molar-refractivity contribution in [3.8, 4) is 0 Å². The monoisotopic (exact) mass is 215 g/mol. The first-order chi connectivity index (χ1) is 6.48. The Morgan fingerprint density at radius 3 is 2.64 bits per heavy atom. The van der Waals surface area contributed by atoms with Gasteiger partial charge >= 0.3 is 0 Å². The molecule has 0 amide bonds. The van der Waals surface area contributed by atoms with E-state index in [0.29, 0.717) is 5.39 Å². The maximum atomic E-state index is 13.1. The van der Waals surface area contributed by atoms with Crippen molar-refractivity contribution in [3.05, 3.63) is 30.1 Å². The fourth-order valence-corrected chi connectivity index (χ4v) is 1.63. The minimum absolute atomic E-state index is 0.100. The molecule has 0 bridgehead atoms. The number of primary sulfonamides is 1. The molecule has 74 valence electrons. The first-order valence-corrected chi connectivity index (χ1v) is 5.24. The molecule has 2 N–H and O–H groups in total. The summed E-state index contributed by atoms with van der Waals surface area (Å²) in [6.07, 6.45) is 0. The van der Waals surface area contributed by atoms with Gasteiger partial charge in [-0.25, -0.2) is 17.9 Å². The second-order valence-corrected chi connectivity index (χ2v) is 4.26. The number of halogens is 1. The normalized spacial score (nSPS) is 12.1. The Morgan fingerprint density at radius 2 is 2.07 bits per heavy atom. The zero-order valence-electron chi connectivity index (χ0n) is 6.90. The Morgan fingerprint density at radius 1 is 1.36 bits per heavy atom. The SMILES string of the molecule is NS(=O)(=O)c1cc2cccc(F)c2o1. The van der Waals surface area contributed by atoms with E-state index in [1.807, 2.05) is 0 Å². The van der Waals surface area contributed by atoms with E-state index < -0.39 is 20.9 Å². The van der Waals surface area contributed by atoms with E-state index in [-0.39, 0.29) is 5.58 Å². The number of benzene rings is 1. The maximum Gasteiger partial charge on any atom is 0.271 e. The van der Waals surface area contributed by atoms with Crippen LogP contribution in [0.15, 0.2) is 33.8 Å². The number of rotatable bonds is 1. The summed E-state index contributed by atoms with van der Waals surface area (Å²) in [6.45, 7) is 0. The fourth-order valence-electron chi connectivity index (χ4n) is 1.14. The molecule has 0 radical (unpaired) electrons. The van der Waals surface area contributed by atoms with Crippen LogP contribution in [0, 0.1) is 5.82 Å². The molecular formula is C8H6FNO3S. The van der Waals surface area contributed by atoms with Gasteiger partial charge in [-0.15, -0.1) is 0 Å². The largest absolute Gasteiger partial charge is 0.440 e. The highest BCUT2D eigenvalue weighted by molar-refractivity contribution is 7.89. The number of para-hydroxylation sites is 1. The molecule has 2 rings (SSSR count). The van der Waals surface area contributed by atoms with Crippen LogP contribution < -0.4 is 5.14 Å². The first kappa shape index (κ1) is 9.17. The van der Waals surface area contributed by atoms with Gasteiger partial charge in [0.15, 0.2) is 11.4 Å². The molecule has 0 saturated carbocycles. The molecule has 0 atom stereocenters. The van der Waals surface area contributed by atoms with Crippen LogP contribution in [0.1, 0.15) is 0 Å². The van der Waals surface area contributed by atoms with Gasteiger partial charge in [0.25, 0.3) is 10.0 Å². The Balaban J connectivity index is 2.81. The van der Waals surface area contributed by atoms with Crippen LogP contribution in [-0.2, 0) is 10.0 Å². The van der Waals surface area contributed by atoms with Crippen molar-refractivity contribution in [2.24, 2.45) is 5.14 Å². The molecule has 0 saturated heterocycles. The van der Waals surface area contributed by atoms with Gasteiger partial charge in [-0.3, -0.25) is 0 Å². The fraction of sp³-hybridized carbons (Fsp3) is 0. The van der Waals surface area contributed by atoms with Gasteiger partial charge in [0.1, 0.15) is 0 Å². The van der Waals surface area contributed by atoms with E-state index in [0.717, 1.165) is 0 Å². The second kappa shape index (κ2) is 2.79. The number of furan rings is 1. The first-order valence-electron chi connectivity index (χ1n) is 3.69. The molecule has 0 unspecified atom stereocenters. The third kappa shape index (κ3) is 1.38. The molecule has 0 spiro atoms. The van der Waals surface area contributed by atoms with Crippen molar-refractivity contribution < 1.29 is 17.2 Å². The average molecular weight is 215 g/mol. The second-order valence-electron chi connectivity index (χ2n) is 2.77. The Bertz CT molecular complexity index is 588. The summed E-state index contributed by atoms with van der Waals surface area (Å²) >= 11 is 0. The molecule has 1 aromatic carbocycles. The van der Waals surface area contributed by atoms with Crippen LogP contribution in [0.5, 0.6) is 0 Å². The van der Waals surface area contributed by atoms with Crippen molar-refractivity contribution in [2.75, 3.05) is 0 Å². The number of sulfonamides is 1. The van der Waals surface area contributed by atoms with Gasteiger partial charge < -0.3 is 4.42 Å². The van der Waals surface area contributed by atoms with Crippen molar-refractivity contribution in [2.45, 2.75) is 5.09 Å². The van der Waals surface area contributed by atoms with E-state index in [1.54, 1.807) is 0 Å². The summed E-state index contributed by atoms with van der Waals surface area (Å²) in [7, 11) is -3.91. The molecule has 0 aliphatic rings. The van der Waals surface area contributed by atoms with Crippen LogP contribution in [0.4, 0.5) is 4.39 Å². The van der Waals surface area contributed by atoms with Crippen molar-refractivity contribution in [1.82, 2.24) is 0 Å². The van der Waals surface area contributed by atoms with Gasteiger partial charge in [0, 0.05) is 11.5 Å². The predicted octanol–water partition coefficient (Wildman–Crippen LogP) is 1.22. The Hall–Kier alpha value is -1.40. The van der Waals surface area contributed by atoms with Crippen molar-refractivity contribution >= 4 is 21.0 Å². The summed E-state index contributed by atoms with van der Waals surface area (Å²) in [5.41, 5.74) is -0.100. The molecule has 0 aliphatic heterocycles. The summed E-state index contributed by atoms with van der Waals surface area (Å²) in [4.78, 5) is 0. The maximum absolute atomic E-state index is 13.1. The number of fused-ring (bicyclic) bond motifs is 1. The molecular weight excluding hydrogens is 209 g/mol. The van der Waals surface area contributed by atoms with E-state index in [2.05, 4.69) is 0 Å². The lowest BCUT2D eigenvalue weighted by atomic mass is 10.2. The van der Waals surface area contributed by atoms with Gasteiger partial charge in [0.05, 0.1) is 0 Å². The highest BCUT2D eigenvalue weighted by atomic mass is 32.2. The van der Waals surface area contributed by atoms with Crippen molar-refractivity contribution in [3.63, 3.8) is 0 Å². The van der Waals surface area contributed by atoms with Crippen LogP contribution in [0.25, 0.3) is 11.0 Å². The zero-order chi connectivity index (χ0) is 10.3. The number of hydrogen-bond donors (Lipinski definition) is 1. The quantitative estimate of drug-likeness (QED) is 0.777. The molecule has 2 aromatic rings. The highest BCUT2D eigenvalue weighted by Gasteiger charge is 2.15. The summed E-state index contributed by atoms with van der Waals surface area (Å²) in [6, 6.07) is 5.36. The smallest absolute Gasteiger partial charge is 0.271 e. The molecule has 1 heterocycles. The van der Waals surface area contributed by atoms with Gasteiger partial charge in [-0.05, 0) is 6.07 Å². The average Bonchev–Trinajstić information content (AvgIpc) is 2.48. The standard InChI is InChI=1S/C8H6FNO3S/c9-6-3-1-2-5-4-7(13-8(5)6)14(10,11)12/h1-4H,(H2,10,11,12). The van der Waals surface area contributed by atoms with E-state index in [1.165, 1.54) is 24.3 Å². The lowest BCUT2D eigenvalue weighted by Crippen LogP contribution is -2.10. The molecule has 14 heavy (non-hydrogen) atoms. The Kier molecular flexibility index (Phi) is 1.83. The minimum Gasteiger partial charge on any atom is -0.440 e. The third-order valence-electron chi connectivity index (χ3n) is 1.75. The van der Waals surface area contributed by atoms with E-state index in [9.17, 15) is 12.8 Å². The summed E-state index contributed by atoms with van der Waals surface area (Å²) in [5, 5.41) is 4.76. The van der Waals surface area contributed by atoms with Crippen LogP contribution in [0.3, 0.4) is 0 Å². The van der Waals surface area contributed by atoms with Crippen LogP contribution >= 0.6 is 0 Å². The summed E-state index contributed by atoms with van der Waals surface area (Å²) in [5.74, 6) is -0.614. The van der Waals surface area contributed by atoms with Crippen LogP contribution in [0.2, 0.25) is 0 Å². The molecule has 4 nitrogen and oxygen atoms in total.